The molecule has 78 valence electrons. The van der Waals surface area contributed by atoms with Gasteiger partial charge in [0.1, 0.15) is 0 Å². The standard InChI is InChI=1S/C11H16ClNO/c1-3-14-8(2)11(13)9-4-6-10(12)7-5-9/h4-8,11H,3,13H2,1-2H3. The van der Waals surface area contributed by atoms with Crippen molar-refractivity contribution in [1.82, 2.24) is 0 Å². The molecule has 0 saturated heterocycles. The Kier molecular flexibility index (Phi) is 4.39. The van der Waals surface area contributed by atoms with Crippen molar-refractivity contribution < 1.29 is 4.74 Å². The van der Waals surface area contributed by atoms with Crippen LogP contribution in [0, 0.1) is 0 Å². The fraction of sp³-hybridized carbons (Fsp3) is 0.455. The molecular formula is C11H16ClNO. The molecule has 0 aromatic heterocycles. The Balaban J connectivity index is 2.68. The summed E-state index contributed by atoms with van der Waals surface area (Å²) in [6.45, 7) is 4.62. The van der Waals surface area contributed by atoms with Gasteiger partial charge in [0, 0.05) is 11.6 Å². The van der Waals surface area contributed by atoms with Gasteiger partial charge < -0.3 is 10.5 Å². The van der Waals surface area contributed by atoms with Crippen molar-refractivity contribution in [3.63, 3.8) is 0 Å². The minimum absolute atomic E-state index is 0.0289. The second-order valence-corrected chi connectivity index (χ2v) is 3.67. The lowest BCUT2D eigenvalue weighted by molar-refractivity contribution is 0.0574. The van der Waals surface area contributed by atoms with E-state index in [1.54, 1.807) is 0 Å². The Morgan fingerprint density at radius 1 is 1.36 bits per heavy atom. The van der Waals surface area contributed by atoms with E-state index in [4.69, 9.17) is 22.1 Å². The zero-order chi connectivity index (χ0) is 10.6. The smallest absolute Gasteiger partial charge is 0.0739 e. The quantitative estimate of drug-likeness (QED) is 0.835. The van der Waals surface area contributed by atoms with E-state index in [9.17, 15) is 0 Å². The number of benzene rings is 1. The van der Waals surface area contributed by atoms with Crippen LogP contribution in [0.1, 0.15) is 25.5 Å². The molecule has 3 heteroatoms. The van der Waals surface area contributed by atoms with E-state index in [1.807, 2.05) is 38.1 Å². The third kappa shape index (κ3) is 2.98. The summed E-state index contributed by atoms with van der Waals surface area (Å²) in [6, 6.07) is 7.46. The van der Waals surface area contributed by atoms with Gasteiger partial charge >= 0.3 is 0 Å². The topological polar surface area (TPSA) is 35.2 Å². The van der Waals surface area contributed by atoms with Crippen LogP contribution < -0.4 is 5.73 Å². The van der Waals surface area contributed by atoms with Crippen LogP contribution in [0.25, 0.3) is 0 Å². The third-order valence-corrected chi connectivity index (χ3v) is 2.44. The summed E-state index contributed by atoms with van der Waals surface area (Å²) in [6.07, 6.45) is 0.0289. The number of hydrogen-bond acceptors (Lipinski definition) is 2. The Bertz CT molecular complexity index is 273. The van der Waals surface area contributed by atoms with Gasteiger partial charge in [-0.1, -0.05) is 23.7 Å². The van der Waals surface area contributed by atoms with Crippen LogP contribution in [0.5, 0.6) is 0 Å². The SMILES string of the molecule is CCOC(C)C(N)c1ccc(Cl)cc1. The monoisotopic (exact) mass is 213 g/mol. The van der Waals surface area contributed by atoms with Gasteiger partial charge in [0.25, 0.3) is 0 Å². The van der Waals surface area contributed by atoms with Gasteiger partial charge in [-0.05, 0) is 31.5 Å². The van der Waals surface area contributed by atoms with Crippen molar-refractivity contribution in [2.24, 2.45) is 5.73 Å². The van der Waals surface area contributed by atoms with Crippen LogP contribution in [0.2, 0.25) is 5.02 Å². The molecule has 14 heavy (non-hydrogen) atoms. The minimum atomic E-state index is -0.0905. The first-order chi connectivity index (χ1) is 6.65. The Morgan fingerprint density at radius 3 is 2.43 bits per heavy atom. The van der Waals surface area contributed by atoms with Gasteiger partial charge in [-0.3, -0.25) is 0 Å². The molecular weight excluding hydrogens is 198 g/mol. The fourth-order valence-corrected chi connectivity index (χ4v) is 1.45. The molecule has 0 aliphatic rings. The highest BCUT2D eigenvalue weighted by Gasteiger charge is 2.14. The molecule has 0 spiro atoms. The van der Waals surface area contributed by atoms with Crippen molar-refractivity contribution in [3.05, 3.63) is 34.9 Å². The first-order valence-electron chi connectivity index (χ1n) is 4.77. The molecule has 2 N–H and O–H groups in total. The molecule has 2 unspecified atom stereocenters. The molecule has 0 radical (unpaired) electrons. The summed E-state index contributed by atoms with van der Waals surface area (Å²) >= 11 is 5.79. The Hall–Kier alpha value is -0.570. The highest BCUT2D eigenvalue weighted by molar-refractivity contribution is 6.30. The third-order valence-electron chi connectivity index (χ3n) is 2.19. The summed E-state index contributed by atoms with van der Waals surface area (Å²) in [4.78, 5) is 0. The van der Waals surface area contributed by atoms with Crippen LogP contribution >= 0.6 is 11.6 Å². The molecule has 0 bridgehead atoms. The van der Waals surface area contributed by atoms with E-state index in [-0.39, 0.29) is 12.1 Å². The summed E-state index contributed by atoms with van der Waals surface area (Å²) < 4.78 is 5.43. The van der Waals surface area contributed by atoms with Gasteiger partial charge in [-0.2, -0.15) is 0 Å². The molecule has 0 heterocycles. The fourth-order valence-electron chi connectivity index (χ4n) is 1.32. The van der Waals surface area contributed by atoms with E-state index >= 15 is 0 Å². The number of nitrogens with two attached hydrogens (primary N) is 1. The average Bonchev–Trinajstić information content (AvgIpc) is 2.18. The van der Waals surface area contributed by atoms with E-state index < -0.39 is 0 Å². The van der Waals surface area contributed by atoms with Gasteiger partial charge in [-0.15, -0.1) is 0 Å². The lowest BCUT2D eigenvalue weighted by atomic mass is 10.0. The normalized spacial score (nSPS) is 15.1. The van der Waals surface area contributed by atoms with Gasteiger partial charge in [0.15, 0.2) is 0 Å². The molecule has 0 aliphatic heterocycles. The van der Waals surface area contributed by atoms with Gasteiger partial charge in [-0.25, -0.2) is 0 Å². The second kappa shape index (κ2) is 5.35. The zero-order valence-electron chi connectivity index (χ0n) is 8.53. The second-order valence-electron chi connectivity index (χ2n) is 3.24. The molecule has 1 aromatic rings. The summed E-state index contributed by atoms with van der Waals surface area (Å²) in [5.74, 6) is 0. The summed E-state index contributed by atoms with van der Waals surface area (Å²) in [5, 5.41) is 0.727. The molecule has 1 aromatic carbocycles. The van der Waals surface area contributed by atoms with Crippen LogP contribution in [0.15, 0.2) is 24.3 Å². The number of ether oxygens (including phenoxy) is 1. The molecule has 0 fully saturated rings. The lowest BCUT2D eigenvalue weighted by Crippen LogP contribution is -2.26. The maximum absolute atomic E-state index is 6.01. The van der Waals surface area contributed by atoms with Crippen molar-refractivity contribution in [1.29, 1.82) is 0 Å². The first kappa shape index (κ1) is 11.5. The molecule has 0 saturated carbocycles. The van der Waals surface area contributed by atoms with Crippen molar-refractivity contribution in [2.45, 2.75) is 26.0 Å². The van der Waals surface area contributed by atoms with Crippen LogP contribution in [-0.2, 0) is 4.74 Å². The Labute approximate surface area is 90.0 Å². The number of hydrogen-bond donors (Lipinski definition) is 1. The predicted molar refractivity (Wildman–Crippen MR) is 59.5 cm³/mol. The summed E-state index contributed by atoms with van der Waals surface area (Å²) in [7, 11) is 0. The van der Waals surface area contributed by atoms with Crippen molar-refractivity contribution in [2.75, 3.05) is 6.61 Å². The average molecular weight is 214 g/mol. The van der Waals surface area contributed by atoms with Crippen molar-refractivity contribution >= 4 is 11.6 Å². The molecule has 0 amide bonds. The van der Waals surface area contributed by atoms with E-state index in [0.717, 1.165) is 10.6 Å². The van der Waals surface area contributed by atoms with Gasteiger partial charge in [0.05, 0.1) is 12.1 Å². The first-order valence-corrected chi connectivity index (χ1v) is 5.15. The van der Waals surface area contributed by atoms with E-state index in [0.29, 0.717) is 6.61 Å². The maximum Gasteiger partial charge on any atom is 0.0739 e. The number of rotatable bonds is 4. The van der Waals surface area contributed by atoms with Crippen molar-refractivity contribution in [3.8, 4) is 0 Å². The van der Waals surface area contributed by atoms with Crippen LogP contribution in [0.3, 0.4) is 0 Å². The van der Waals surface area contributed by atoms with Crippen LogP contribution in [-0.4, -0.2) is 12.7 Å². The van der Waals surface area contributed by atoms with E-state index in [1.165, 1.54) is 0 Å². The number of halogens is 1. The molecule has 2 nitrogen and oxygen atoms in total. The predicted octanol–water partition coefficient (Wildman–Crippen LogP) is 2.76. The molecule has 1 rings (SSSR count). The maximum atomic E-state index is 6.01. The molecule has 0 aliphatic carbocycles. The minimum Gasteiger partial charge on any atom is -0.377 e. The molecule has 2 atom stereocenters. The Morgan fingerprint density at radius 2 is 1.93 bits per heavy atom. The highest BCUT2D eigenvalue weighted by atomic mass is 35.5. The summed E-state index contributed by atoms with van der Waals surface area (Å²) in [5.41, 5.74) is 7.06. The zero-order valence-corrected chi connectivity index (χ0v) is 9.29. The lowest BCUT2D eigenvalue weighted by Gasteiger charge is -2.20. The highest BCUT2D eigenvalue weighted by Crippen LogP contribution is 2.18. The van der Waals surface area contributed by atoms with E-state index in [2.05, 4.69) is 0 Å². The van der Waals surface area contributed by atoms with Gasteiger partial charge in [0.2, 0.25) is 0 Å². The largest absolute Gasteiger partial charge is 0.377 e. The van der Waals surface area contributed by atoms with Crippen LogP contribution in [0.4, 0.5) is 0 Å².